The summed E-state index contributed by atoms with van der Waals surface area (Å²) in [7, 11) is 0. The molecule has 1 aromatic carbocycles. The minimum absolute atomic E-state index is 0.404. The highest BCUT2D eigenvalue weighted by atomic mass is 16.5. The standard InChI is InChI=1S/C20H28N6O/c1-2-4-15(5-3-1)13-26-14-19(22-24-26)16-6-7-18-17(12-16)20(23-21-18)25-8-10-27-11-9-25/h1-5,14,16-18,20-21,23H,6-13H2. The molecule has 3 aliphatic rings. The second kappa shape index (κ2) is 7.67. The Bertz CT molecular complexity index is 744. The number of benzene rings is 1. The van der Waals surface area contributed by atoms with Crippen molar-refractivity contribution >= 4 is 0 Å². The van der Waals surface area contributed by atoms with Gasteiger partial charge in [-0.05, 0) is 24.8 Å². The molecule has 0 spiro atoms. The van der Waals surface area contributed by atoms with Crippen molar-refractivity contribution in [1.82, 2.24) is 30.7 Å². The molecule has 144 valence electrons. The van der Waals surface area contributed by atoms with Crippen LogP contribution in [0.3, 0.4) is 0 Å². The smallest absolute Gasteiger partial charge is 0.0858 e. The van der Waals surface area contributed by atoms with E-state index in [1.807, 2.05) is 10.7 Å². The lowest BCUT2D eigenvalue weighted by atomic mass is 9.76. The van der Waals surface area contributed by atoms with Crippen LogP contribution in [-0.4, -0.2) is 58.4 Å². The number of fused-ring (bicyclic) bond motifs is 1. The number of nitrogens with one attached hydrogen (secondary N) is 2. The first-order valence-corrected chi connectivity index (χ1v) is 10.1. The molecule has 4 atom stereocenters. The van der Waals surface area contributed by atoms with Gasteiger partial charge in [-0.25, -0.2) is 10.1 Å². The molecule has 3 heterocycles. The number of nitrogens with zero attached hydrogens (tertiary/aromatic N) is 4. The highest BCUT2D eigenvalue weighted by Crippen LogP contribution is 2.39. The molecule has 0 bridgehead atoms. The van der Waals surface area contributed by atoms with Crippen LogP contribution in [0.4, 0.5) is 0 Å². The van der Waals surface area contributed by atoms with E-state index in [0.29, 0.717) is 24.0 Å². The van der Waals surface area contributed by atoms with Crippen molar-refractivity contribution in [2.24, 2.45) is 5.92 Å². The molecule has 2 N–H and O–H groups in total. The lowest BCUT2D eigenvalue weighted by molar-refractivity contribution is -0.00204. The molecule has 7 heteroatoms. The molecule has 5 rings (SSSR count). The summed E-state index contributed by atoms with van der Waals surface area (Å²) in [6.07, 6.45) is 6.08. The van der Waals surface area contributed by atoms with Crippen molar-refractivity contribution in [2.75, 3.05) is 26.3 Å². The number of hydrazine groups is 1. The molecule has 2 aliphatic heterocycles. The van der Waals surface area contributed by atoms with Crippen molar-refractivity contribution in [2.45, 2.75) is 43.9 Å². The number of ether oxygens (including phenoxy) is 1. The lowest BCUT2D eigenvalue weighted by Gasteiger charge is -2.38. The van der Waals surface area contributed by atoms with Gasteiger partial charge in [0.2, 0.25) is 0 Å². The third-order valence-electron chi connectivity index (χ3n) is 6.32. The molecule has 4 unspecified atom stereocenters. The first-order valence-electron chi connectivity index (χ1n) is 10.1. The first-order chi connectivity index (χ1) is 13.4. The van der Waals surface area contributed by atoms with Gasteiger partial charge in [-0.3, -0.25) is 10.3 Å². The Hall–Kier alpha value is -1.80. The maximum Gasteiger partial charge on any atom is 0.0858 e. The van der Waals surface area contributed by atoms with E-state index in [9.17, 15) is 0 Å². The van der Waals surface area contributed by atoms with E-state index < -0.39 is 0 Å². The molecule has 1 saturated carbocycles. The minimum atomic E-state index is 0.404. The Kier molecular flexibility index (Phi) is 4.92. The Balaban J connectivity index is 1.26. The van der Waals surface area contributed by atoms with E-state index in [4.69, 9.17) is 4.74 Å². The quantitative estimate of drug-likeness (QED) is 0.849. The van der Waals surface area contributed by atoms with Crippen molar-refractivity contribution in [3.63, 3.8) is 0 Å². The largest absolute Gasteiger partial charge is 0.379 e. The van der Waals surface area contributed by atoms with Gasteiger partial charge in [0.25, 0.3) is 0 Å². The minimum Gasteiger partial charge on any atom is -0.379 e. The summed E-state index contributed by atoms with van der Waals surface area (Å²) >= 11 is 0. The first kappa shape index (κ1) is 17.3. The van der Waals surface area contributed by atoms with E-state index in [0.717, 1.165) is 45.0 Å². The van der Waals surface area contributed by atoms with E-state index in [1.54, 1.807) is 0 Å². The maximum atomic E-state index is 5.53. The molecule has 1 aromatic heterocycles. The summed E-state index contributed by atoms with van der Waals surface area (Å²) in [4.78, 5) is 2.54. The van der Waals surface area contributed by atoms with Gasteiger partial charge >= 0.3 is 0 Å². The average molecular weight is 368 g/mol. The van der Waals surface area contributed by atoms with Gasteiger partial charge in [0.15, 0.2) is 0 Å². The topological polar surface area (TPSA) is 67.2 Å². The predicted octanol–water partition coefficient (Wildman–Crippen LogP) is 1.34. The predicted molar refractivity (Wildman–Crippen MR) is 102 cm³/mol. The van der Waals surface area contributed by atoms with Gasteiger partial charge < -0.3 is 4.74 Å². The van der Waals surface area contributed by atoms with Crippen molar-refractivity contribution in [3.05, 3.63) is 47.8 Å². The zero-order valence-electron chi connectivity index (χ0n) is 15.6. The third kappa shape index (κ3) is 3.65. The van der Waals surface area contributed by atoms with Gasteiger partial charge in [-0.2, -0.15) is 0 Å². The molecule has 3 fully saturated rings. The van der Waals surface area contributed by atoms with Gasteiger partial charge in [0.1, 0.15) is 0 Å². The fourth-order valence-electron chi connectivity index (χ4n) is 4.87. The Morgan fingerprint density at radius 2 is 1.93 bits per heavy atom. The second-order valence-corrected chi connectivity index (χ2v) is 7.99. The third-order valence-corrected chi connectivity index (χ3v) is 6.32. The van der Waals surface area contributed by atoms with E-state index in [2.05, 4.69) is 56.5 Å². The van der Waals surface area contributed by atoms with Crippen molar-refractivity contribution < 1.29 is 4.74 Å². The van der Waals surface area contributed by atoms with Crippen LogP contribution in [0.15, 0.2) is 36.5 Å². The SMILES string of the molecule is c1ccc(Cn2cc(C3CCC4NNC(N5CCOCC5)C4C3)nn2)cc1. The zero-order valence-corrected chi connectivity index (χ0v) is 15.6. The van der Waals surface area contributed by atoms with Crippen LogP contribution in [0.1, 0.15) is 36.4 Å². The van der Waals surface area contributed by atoms with Gasteiger partial charge in [-0.15, -0.1) is 5.10 Å². The monoisotopic (exact) mass is 368 g/mol. The second-order valence-electron chi connectivity index (χ2n) is 7.99. The summed E-state index contributed by atoms with van der Waals surface area (Å²) in [5.41, 5.74) is 9.51. The van der Waals surface area contributed by atoms with E-state index in [1.165, 1.54) is 18.4 Å². The fourth-order valence-corrected chi connectivity index (χ4v) is 4.87. The molecule has 0 radical (unpaired) electrons. The number of hydrogen-bond donors (Lipinski definition) is 2. The van der Waals surface area contributed by atoms with Crippen molar-refractivity contribution in [1.29, 1.82) is 0 Å². The van der Waals surface area contributed by atoms with Gasteiger partial charge in [0.05, 0.1) is 31.6 Å². The van der Waals surface area contributed by atoms with Crippen LogP contribution in [0, 0.1) is 5.92 Å². The Morgan fingerprint density at radius 1 is 1.07 bits per heavy atom. The van der Waals surface area contributed by atoms with Gasteiger partial charge in [0, 0.05) is 37.2 Å². The summed E-state index contributed by atoms with van der Waals surface area (Å²) in [6, 6.07) is 11.0. The fraction of sp³-hybridized carbons (Fsp3) is 0.600. The number of aromatic nitrogens is 3. The van der Waals surface area contributed by atoms with Crippen LogP contribution in [0.25, 0.3) is 0 Å². The summed E-state index contributed by atoms with van der Waals surface area (Å²) < 4.78 is 7.50. The number of rotatable bonds is 4. The average Bonchev–Trinajstić information content (AvgIpc) is 3.36. The summed E-state index contributed by atoms with van der Waals surface area (Å²) in [5.74, 6) is 1.11. The van der Waals surface area contributed by atoms with Crippen LogP contribution in [-0.2, 0) is 11.3 Å². The lowest BCUT2D eigenvalue weighted by Crippen LogP contribution is -2.52. The van der Waals surface area contributed by atoms with Gasteiger partial charge in [-0.1, -0.05) is 35.5 Å². The summed E-state index contributed by atoms with van der Waals surface area (Å²) in [5, 5.41) is 8.92. The summed E-state index contributed by atoms with van der Waals surface area (Å²) in [6.45, 7) is 4.49. The number of morpholine rings is 1. The van der Waals surface area contributed by atoms with Crippen LogP contribution in [0.2, 0.25) is 0 Å². The van der Waals surface area contributed by atoms with Crippen LogP contribution < -0.4 is 10.9 Å². The molecule has 1 aliphatic carbocycles. The Labute approximate surface area is 160 Å². The molecular weight excluding hydrogens is 340 g/mol. The molecular formula is C20H28N6O. The highest BCUT2D eigenvalue weighted by Gasteiger charge is 2.43. The zero-order chi connectivity index (χ0) is 18.1. The van der Waals surface area contributed by atoms with Crippen molar-refractivity contribution in [3.8, 4) is 0 Å². The van der Waals surface area contributed by atoms with Crippen LogP contribution in [0.5, 0.6) is 0 Å². The molecule has 27 heavy (non-hydrogen) atoms. The molecule has 2 aromatic rings. The van der Waals surface area contributed by atoms with E-state index >= 15 is 0 Å². The molecule has 2 saturated heterocycles. The molecule has 7 nitrogen and oxygen atoms in total. The van der Waals surface area contributed by atoms with Crippen LogP contribution >= 0.6 is 0 Å². The number of hydrogen-bond acceptors (Lipinski definition) is 6. The Morgan fingerprint density at radius 3 is 2.78 bits per heavy atom. The normalized spacial score (nSPS) is 31.7. The highest BCUT2D eigenvalue weighted by molar-refractivity contribution is 5.15. The molecule has 0 amide bonds. The van der Waals surface area contributed by atoms with E-state index in [-0.39, 0.29) is 0 Å². The maximum absolute atomic E-state index is 5.53.